The standard InChI is InChI=1S/C18H23N3OS.2ClH/c1-12(2)13-5-7-14(8-6-13)17-20-16(11-23-17)18(22)21-9-3-4-15(21)10-19;;/h5-8,11-12,15H,3-4,9-10,19H2,1-2H3;2*1H. The van der Waals surface area contributed by atoms with Crippen molar-refractivity contribution in [1.29, 1.82) is 0 Å². The molecule has 1 aliphatic rings. The molecule has 2 N–H and O–H groups in total. The van der Waals surface area contributed by atoms with Gasteiger partial charge in [-0.25, -0.2) is 4.98 Å². The van der Waals surface area contributed by atoms with Gasteiger partial charge in [0.2, 0.25) is 0 Å². The number of benzene rings is 1. The Hall–Kier alpha value is -1.14. The largest absolute Gasteiger partial charge is 0.333 e. The van der Waals surface area contributed by atoms with Crippen LogP contribution >= 0.6 is 36.2 Å². The van der Waals surface area contributed by atoms with Crippen molar-refractivity contribution in [1.82, 2.24) is 9.88 Å². The maximum absolute atomic E-state index is 12.6. The lowest BCUT2D eigenvalue weighted by atomic mass is 10.0. The monoisotopic (exact) mass is 401 g/mol. The molecule has 2 heterocycles. The quantitative estimate of drug-likeness (QED) is 0.828. The fourth-order valence-corrected chi connectivity index (χ4v) is 3.81. The van der Waals surface area contributed by atoms with Crippen molar-refractivity contribution in [3.8, 4) is 10.6 Å². The molecule has 138 valence electrons. The molecule has 0 bridgehead atoms. The van der Waals surface area contributed by atoms with E-state index >= 15 is 0 Å². The van der Waals surface area contributed by atoms with E-state index in [2.05, 4.69) is 43.1 Å². The number of amides is 1. The summed E-state index contributed by atoms with van der Waals surface area (Å²) in [5, 5.41) is 2.76. The van der Waals surface area contributed by atoms with E-state index in [1.807, 2.05) is 10.3 Å². The van der Waals surface area contributed by atoms with Crippen LogP contribution in [0, 0.1) is 0 Å². The van der Waals surface area contributed by atoms with Crippen molar-refractivity contribution < 1.29 is 4.79 Å². The third kappa shape index (κ3) is 4.73. The predicted octanol–water partition coefficient (Wildman–Crippen LogP) is 4.34. The van der Waals surface area contributed by atoms with Crippen LogP contribution in [0.15, 0.2) is 29.6 Å². The smallest absolute Gasteiger partial charge is 0.273 e. The summed E-state index contributed by atoms with van der Waals surface area (Å²) in [6, 6.07) is 8.60. The van der Waals surface area contributed by atoms with Gasteiger partial charge in [-0.2, -0.15) is 0 Å². The molecular weight excluding hydrogens is 377 g/mol. The number of rotatable bonds is 4. The maximum atomic E-state index is 12.6. The van der Waals surface area contributed by atoms with Crippen molar-refractivity contribution in [2.75, 3.05) is 13.1 Å². The molecule has 1 fully saturated rings. The first-order valence-corrected chi connectivity index (χ1v) is 9.05. The molecule has 25 heavy (non-hydrogen) atoms. The third-order valence-electron chi connectivity index (χ3n) is 4.46. The normalized spacial score (nSPS) is 16.5. The second-order valence-corrected chi connectivity index (χ2v) is 7.20. The van der Waals surface area contributed by atoms with Crippen LogP contribution in [-0.2, 0) is 0 Å². The molecule has 2 aromatic rings. The second-order valence-electron chi connectivity index (χ2n) is 6.34. The first-order chi connectivity index (χ1) is 11.1. The lowest BCUT2D eigenvalue weighted by Crippen LogP contribution is -2.40. The average Bonchev–Trinajstić information content (AvgIpc) is 3.23. The Kier molecular flexibility index (Phi) is 8.35. The van der Waals surface area contributed by atoms with Gasteiger partial charge in [-0.1, -0.05) is 38.1 Å². The molecule has 0 saturated carbocycles. The van der Waals surface area contributed by atoms with E-state index in [-0.39, 0.29) is 36.8 Å². The van der Waals surface area contributed by atoms with Crippen molar-refractivity contribution in [3.05, 3.63) is 40.9 Å². The Balaban J connectivity index is 0.00000156. The summed E-state index contributed by atoms with van der Waals surface area (Å²) in [6.45, 7) is 5.67. The minimum absolute atomic E-state index is 0. The topological polar surface area (TPSA) is 59.2 Å². The van der Waals surface area contributed by atoms with Gasteiger partial charge in [0, 0.05) is 30.1 Å². The highest BCUT2D eigenvalue weighted by molar-refractivity contribution is 7.13. The van der Waals surface area contributed by atoms with Gasteiger partial charge in [0.05, 0.1) is 0 Å². The van der Waals surface area contributed by atoms with Gasteiger partial charge >= 0.3 is 0 Å². The van der Waals surface area contributed by atoms with Crippen LogP contribution in [0.5, 0.6) is 0 Å². The van der Waals surface area contributed by atoms with E-state index < -0.39 is 0 Å². The molecule has 1 aliphatic heterocycles. The second kappa shape index (κ2) is 9.53. The Morgan fingerprint density at radius 3 is 2.60 bits per heavy atom. The Bertz CT molecular complexity index is 688. The average molecular weight is 402 g/mol. The van der Waals surface area contributed by atoms with Gasteiger partial charge in [-0.3, -0.25) is 4.79 Å². The Morgan fingerprint density at radius 2 is 2.00 bits per heavy atom. The number of carbonyl (C=O) groups excluding carboxylic acids is 1. The molecular formula is C18H25Cl2N3OS. The van der Waals surface area contributed by atoms with E-state index in [1.54, 1.807) is 0 Å². The zero-order valence-corrected chi connectivity index (χ0v) is 16.9. The summed E-state index contributed by atoms with van der Waals surface area (Å²) in [6.07, 6.45) is 2.02. The lowest BCUT2D eigenvalue weighted by molar-refractivity contribution is 0.0736. The van der Waals surface area contributed by atoms with Crippen molar-refractivity contribution in [3.63, 3.8) is 0 Å². The number of aromatic nitrogens is 1. The van der Waals surface area contributed by atoms with E-state index in [9.17, 15) is 4.79 Å². The fourth-order valence-electron chi connectivity index (χ4n) is 3.01. The molecule has 7 heteroatoms. The lowest BCUT2D eigenvalue weighted by Gasteiger charge is -2.22. The Labute approximate surface area is 165 Å². The first kappa shape index (κ1) is 21.9. The highest BCUT2D eigenvalue weighted by Crippen LogP contribution is 2.27. The van der Waals surface area contributed by atoms with Gasteiger partial charge in [0.1, 0.15) is 10.7 Å². The van der Waals surface area contributed by atoms with Crippen LogP contribution in [0.1, 0.15) is 48.7 Å². The molecule has 0 aliphatic carbocycles. The van der Waals surface area contributed by atoms with Crippen LogP contribution in [0.3, 0.4) is 0 Å². The zero-order chi connectivity index (χ0) is 16.4. The molecule has 0 radical (unpaired) electrons. The fraction of sp³-hybridized carbons (Fsp3) is 0.444. The van der Waals surface area contributed by atoms with Crippen molar-refractivity contribution in [2.45, 2.75) is 38.6 Å². The molecule has 1 aromatic heterocycles. The minimum atomic E-state index is 0. The van der Waals surface area contributed by atoms with Crippen LogP contribution in [-0.4, -0.2) is 34.9 Å². The summed E-state index contributed by atoms with van der Waals surface area (Å²) in [4.78, 5) is 19.0. The van der Waals surface area contributed by atoms with Crippen LogP contribution < -0.4 is 5.73 Å². The highest BCUT2D eigenvalue weighted by Gasteiger charge is 2.29. The molecule has 1 amide bonds. The molecule has 1 saturated heterocycles. The minimum Gasteiger partial charge on any atom is -0.333 e. The van der Waals surface area contributed by atoms with Gasteiger partial charge in [0.15, 0.2) is 0 Å². The van der Waals surface area contributed by atoms with E-state index in [0.717, 1.165) is 30.0 Å². The number of hydrogen-bond acceptors (Lipinski definition) is 4. The molecule has 4 nitrogen and oxygen atoms in total. The number of thiazole rings is 1. The van der Waals surface area contributed by atoms with Gasteiger partial charge in [0.25, 0.3) is 5.91 Å². The van der Waals surface area contributed by atoms with Crippen LogP contribution in [0.4, 0.5) is 0 Å². The van der Waals surface area contributed by atoms with Crippen LogP contribution in [0.25, 0.3) is 10.6 Å². The van der Waals surface area contributed by atoms with Crippen LogP contribution in [0.2, 0.25) is 0 Å². The first-order valence-electron chi connectivity index (χ1n) is 8.17. The summed E-state index contributed by atoms with van der Waals surface area (Å²) in [5.74, 6) is 0.528. The summed E-state index contributed by atoms with van der Waals surface area (Å²) in [7, 11) is 0. The van der Waals surface area contributed by atoms with Gasteiger partial charge in [-0.05, 0) is 24.3 Å². The van der Waals surface area contributed by atoms with Crippen molar-refractivity contribution in [2.24, 2.45) is 5.73 Å². The van der Waals surface area contributed by atoms with Gasteiger partial charge < -0.3 is 10.6 Å². The SMILES string of the molecule is CC(C)c1ccc(-c2nc(C(=O)N3CCCC3CN)cs2)cc1.Cl.Cl. The number of likely N-dealkylation sites (tertiary alicyclic amines) is 1. The molecule has 1 unspecified atom stereocenters. The van der Waals surface area contributed by atoms with Gasteiger partial charge in [-0.15, -0.1) is 36.2 Å². The van der Waals surface area contributed by atoms with E-state index in [0.29, 0.717) is 18.2 Å². The summed E-state index contributed by atoms with van der Waals surface area (Å²) < 4.78 is 0. The molecule has 3 rings (SSSR count). The summed E-state index contributed by atoms with van der Waals surface area (Å²) >= 11 is 1.52. The number of hydrogen-bond donors (Lipinski definition) is 1. The Morgan fingerprint density at radius 1 is 1.32 bits per heavy atom. The number of nitrogens with zero attached hydrogens (tertiary/aromatic N) is 2. The third-order valence-corrected chi connectivity index (χ3v) is 5.35. The number of carbonyl (C=O) groups is 1. The zero-order valence-electron chi connectivity index (χ0n) is 14.5. The highest BCUT2D eigenvalue weighted by atomic mass is 35.5. The maximum Gasteiger partial charge on any atom is 0.273 e. The molecule has 1 aromatic carbocycles. The van der Waals surface area contributed by atoms with Crippen molar-refractivity contribution >= 4 is 42.1 Å². The van der Waals surface area contributed by atoms with E-state index in [4.69, 9.17) is 5.73 Å². The number of halogens is 2. The molecule has 0 spiro atoms. The summed E-state index contributed by atoms with van der Waals surface area (Å²) in [5.41, 5.74) is 8.68. The molecule has 1 atom stereocenters. The van der Waals surface area contributed by atoms with E-state index in [1.165, 1.54) is 16.9 Å². The number of nitrogens with two attached hydrogens (primary N) is 1. The predicted molar refractivity (Wildman–Crippen MR) is 109 cm³/mol.